The van der Waals surface area contributed by atoms with Crippen molar-refractivity contribution in [3.63, 3.8) is 0 Å². The lowest BCUT2D eigenvalue weighted by Crippen LogP contribution is -2.57. The monoisotopic (exact) mass is 523 g/mol. The quantitative estimate of drug-likeness (QED) is 0.466. The molecular formula is C24H25F4N5O4. The van der Waals surface area contributed by atoms with E-state index in [4.69, 9.17) is 0 Å². The molecule has 2 aliphatic heterocycles. The number of piperidine rings is 1. The second-order valence-electron chi connectivity index (χ2n) is 9.58. The Morgan fingerprint density at radius 1 is 1.14 bits per heavy atom. The van der Waals surface area contributed by atoms with Crippen LogP contribution in [0.25, 0.3) is 0 Å². The maximum atomic E-state index is 13.6. The lowest BCUT2D eigenvalue weighted by Gasteiger charge is -2.37. The topological polar surface area (TPSA) is 131 Å². The SMILES string of the molecule is N#C[C@H](C[C@@H]1CCNC1=O)NC(=O)[C@@H]1[C@H]2CC[C@H](C2)N1C(=O)[C@@H](NC(=O)C(F)(F)F)c1ccc(F)cc1. The number of rotatable bonds is 7. The number of halogens is 4. The van der Waals surface area contributed by atoms with Crippen LogP contribution < -0.4 is 16.0 Å². The molecule has 0 aromatic heterocycles. The lowest BCUT2D eigenvalue weighted by atomic mass is 9.94. The average Bonchev–Trinajstić information content (AvgIpc) is 3.58. The van der Waals surface area contributed by atoms with Gasteiger partial charge >= 0.3 is 12.1 Å². The number of likely N-dealkylation sites (tertiary alicyclic amines) is 1. The predicted molar refractivity (Wildman–Crippen MR) is 118 cm³/mol. The molecule has 0 radical (unpaired) electrons. The van der Waals surface area contributed by atoms with Crippen molar-refractivity contribution in [2.75, 3.05) is 6.54 Å². The summed E-state index contributed by atoms with van der Waals surface area (Å²) in [6, 6.07) is 1.72. The first-order valence-electron chi connectivity index (χ1n) is 11.9. The summed E-state index contributed by atoms with van der Waals surface area (Å²) in [6.45, 7) is 0.471. The molecule has 37 heavy (non-hydrogen) atoms. The third-order valence-electron chi connectivity index (χ3n) is 7.25. The van der Waals surface area contributed by atoms with Gasteiger partial charge in [0.15, 0.2) is 0 Å². The third kappa shape index (κ3) is 5.52. The Kier molecular flexibility index (Phi) is 7.38. The van der Waals surface area contributed by atoms with Crippen molar-refractivity contribution in [1.82, 2.24) is 20.9 Å². The van der Waals surface area contributed by atoms with Crippen molar-refractivity contribution >= 4 is 23.6 Å². The number of nitrogens with zero attached hydrogens (tertiary/aromatic N) is 2. The van der Waals surface area contributed by atoms with Crippen LogP contribution in [-0.2, 0) is 19.2 Å². The number of alkyl halides is 3. The molecule has 2 heterocycles. The van der Waals surface area contributed by atoms with Gasteiger partial charge in [0, 0.05) is 18.5 Å². The number of amides is 4. The van der Waals surface area contributed by atoms with E-state index >= 15 is 0 Å². The number of fused-ring (bicyclic) bond motifs is 2. The van der Waals surface area contributed by atoms with Crippen LogP contribution in [0.3, 0.4) is 0 Å². The molecule has 4 amide bonds. The van der Waals surface area contributed by atoms with Crippen LogP contribution in [0.4, 0.5) is 17.6 Å². The van der Waals surface area contributed by atoms with Gasteiger partial charge in [-0.1, -0.05) is 12.1 Å². The van der Waals surface area contributed by atoms with E-state index in [2.05, 4.69) is 10.6 Å². The summed E-state index contributed by atoms with van der Waals surface area (Å²) in [7, 11) is 0. The van der Waals surface area contributed by atoms with Crippen molar-refractivity contribution in [1.29, 1.82) is 5.26 Å². The van der Waals surface area contributed by atoms with Crippen LogP contribution in [-0.4, -0.2) is 59.4 Å². The van der Waals surface area contributed by atoms with Crippen LogP contribution in [0.5, 0.6) is 0 Å². The summed E-state index contributed by atoms with van der Waals surface area (Å²) < 4.78 is 52.6. The van der Waals surface area contributed by atoms with Crippen LogP contribution in [0.2, 0.25) is 0 Å². The zero-order valence-electron chi connectivity index (χ0n) is 19.6. The van der Waals surface area contributed by atoms with E-state index in [9.17, 15) is 42.0 Å². The molecule has 3 fully saturated rings. The van der Waals surface area contributed by atoms with Crippen LogP contribution in [0.1, 0.15) is 43.7 Å². The number of nitriles is 1. The van der Waals surface area contributed by atoms with E-state index in [0.717, 1.165) is 24.3 Å². The zero-order valence-corrected chi connectivity index (χ0v) is 19.6. The molecule has 4 rings (SSSR count). The van der Waals surface area contributed by atoms with Gasteiger partial charge in [0.25, 0.3) is 5.91 Å². The minimum atomic E-state index is -5.27. The molecule has 0 spiro atoms. The fourth-order valence-electron chi connectivity index (χ4n) is 5.50. The van der Waals surface area contributed by atoms with E-state index in [1.54, 1.807) is 5.32 Å². The van der Waals surface area contributed by atoms with Gasteiger partial charge < -0.3 is 20.9 Å². The van der Waals surface area contributed by atoms with Gasteiger partial charge in [0.1, 0.15) is 23.9 Å². The molecule has 3 aliphatic rings. The number of hydrogen-bond acceptors (Lipinski definition) is 5. The summed E-state index contributed by atoms with van der Waals surface area (Å²) >= 11 is 0. The molecule has 1 aromatic carbocycles. The van der Waals surface area contributed by atoms with Gasteiger partial charge in [-0.05, 0) is 55.7 Å². The second kappa shape index (κ2) is 10.4. The van der Waals surface area contributed by atoms with E-state index in [1.165, 1.54) is 4.90 Å². The predicted octanol–water partition coefficient (Wildman–Crippen LogP) is 1.46. The average molecular weight is 523 g/mol. The molecule has 2 bridgehead atoms. The molecule has 1 saturated carbocycles. The highest BCUT2D eigenvalue weighted by Crippen LogP contribution is 2.44. The maximum Gasteiger partial charge on any atom is 0.471 e. The van der Waals surface area contributed by atoms with Crippen molar-refractivity contribution in [2.24, 2.45) is 11.8 Å². The summed E-state index contributed by atoms with van der Waals surface area (Å²) in [5, 5.41) is 16.5. The van der Waals surface area contributed by atoms with Crippen LogP contribution in [0.15, 0.2) is 24.3 Å². The Balaban J connectivity index is 1.57. The van der Waals surface area contributed by atoms with Gasteiger partial charge in [0.05, 0.1) is 6.07 Å². The van der Waals surface area contributed by atoms with E-state index in [1.807, 2.05) is 6.07 Å². The summed E-state index contributed by atoms with van der Waals surface area (Å²) in [5.41, 5.74) is -0.0759. The van der Waals surface area contributed by atoms with Crippen molar-refractivity contribution in [2.45, 2.75) is 62.4 Å². The highest BCUT2D eigenvalue weighted by molar-refractivity contribution is 5.95. The summed E-state index contributed by atoms with van der Waals surface area (Å²) in [4.78, 5) is 51.7. The first kappa shape index (κ1) is 26.4. The molecule has 6 atom stereocenters. The number of benzene rings is 1. The van der Waals surface area contributed by atoms with Crippen molar-refractivity contribution in [3.8, 4) is 6.07 Å². The van der Waals surface area contributed by atoms with Crippen molar-refractivity contribution < 1.29 is 36.7 Å². The smallest absolute Gasteiger partial charge is 0.356 e. The lowest BCUT2D eigenvalue weighted by molar-refractivity contribution is -0.175. The minimum absolute atomic E-state index is 0.0759. The number of nitrogens with one attached hydrogen (secondary N) is 3. The maximum absolute atomic E-state index is 13.6. The largest absolute Gasteiger partial charge is 0.471 e. The first-order valence-corrected chi connectivity index (χ1v) is 11.9. The molecule has 3 N–H and O–H groups in total. The molecule has 2 saturated heterocycles. The Morgan fingerprint density at radius 3 is 2.43 bits per heavy atom. The van der Waals surface area contributed by atoms with Crippen LogP contribution in [0, 0.1) is 29.0 Å². The van der Waals surface area contributed by atoms with Gasteiger partial charge in [-0.3, -0.25) is 19.2 Å². The minimum Gasteiger partial charge on any atom is -0.356 e. The van der Waals surface area contributed by atoms with Gasteiger partial charge in [-0.25, -0.2) is 4.39 Å². The first-order chi connectivity index (χ1) is 17.5. The highest BCUT2D eigenvalue weighted by Gasteiger charge is 2.53. The van der Waals surface area contributed by atoms with Crippen molar-refractivity contribution in [3.05, 3.63) is 35.6 Å². The second-order valence-corrected chi connectivity index (χ2v) is 9.58. The molecule has 198 valence electrons. The fraction of sp³-hybridized carbons (Fsp3) is 0.542. The Hall–Kier alpha value is -3.69. The van der Waals surface area contributed by atoms with Gasteiger partial charge in [0.2, 0.25) is 11.8 Å². The number of hydrogen-bond donors (Lipinski definition) is 3. The van der Waals surface area contributed by atoms with Crippen LogP contribution >= 0.6 is 0 Å². The van der Waals surface area contributed by atoms with Gasteiger partial charge in [-0.2, -0.15) is 18.4 Å². The Labute approximate surface area is 209 Å². The Morgan fingerprint density at radius 2 is 1.84 bits per heavy atom. The molecule has 1 aromatic rings. The molecule has 9 nitrogen and oxygen atoms in total. The third-order valence-corrected chi connectivity index (χ3v) is 7.25. The summed E-state index contributed by atoms with van der Waals surface area (Å²) in [5.74, 6) is -5.55. The summed E-state index contributed by atoms with van der Waals surface area (Å²) in [6.07, 6.45) is -3.10. The molecule has 1 aliphatic carbocycles. The van der Waals surface area contributed by atoms with E-state index < -0.39 is 59.8 Å². The highest BCUT2D eigenvalue weighted by atomic mass is 19.4. The normalized spacial score (nSPS) is 26.2. The van der Waals surface area contributed by atoms with E-state index in [0.29, 0.717) is 32.2 Å². The molecular weight excluding hydrogens is 498 g/mol. The van der Waals surface area contributed by atoms with Gasteiger partial charge in [-0.15, -0.1) is 0 Å². The zero-order chi connectivity index (χ0) is 26.9. The van der Waals surface area contributed by atoms with E-state index in [-0.39, 0.29) is 23.8 Å². The molecule has 13 heteroatoms. The fourth-order valence-corrected chi connectivity index (χ4v) is 5.50. The Bertz CT molecular complexity index is 1120. The standard InChI is InChI=1S/C24H25F4N5O4/c25-15-4-1-12(2-5-15)18(32-23(37)24(26,27)28)22(36)33-17-6-3-13(10-17)19(33)21(35)31-16(11-29)9-14-7-8-30-20(14)34/h1-2,4-5,13-14,16-19H,3,6-10H2,(H,30,34)(H,31,35)(H,32,37)/t13-,14-,16-,17+,18-,19-/m0/s1. The number of carbonyl (C=O) groups excluding carboxylic acids is 4. The molecule has 0 unspecified atom stereocenters. The number of carbonyl (C=O) groups is 4.